The summed E-state index contributed by atoms with van der Waals surface area (Å²) in [5.41, 5.74) is 2.75. The van der Waals surface area contributed by atoms with Crippen LogP contribution < -0.4 is 15.4 Å². The molecule has 2 heterocycles. The molecular formula is C17H27F3IN5O. The van der Waals surface area contributed by atoms with Crippen molar-refractivity contribution in [2.45, 2.75) is 39.0 Å². The summed E-state index contributed by atoms with van der Waals surface area (Å²) in [7, 11) is 3.26. The summed E-state index contributed by atoms with van der Waals surface area (Å²) in [6.45, 7) is 4.21. The van der Waals surface area contributed by atoms with Crippen LogP contribution in [0.25, 0.3) is 0 Å². The maximum absolute atomic E-state index is 12.5. The van der Waals surface area contributed by atoms with E-state index in [2.05, 4.69) is 20.6 Å². The minimum Gasteiger partial charge on any atom is -0.496 e. The number of hydrogen-bond donors (Lipinski definition) is 2. The monoisotopic (exact) mass is 501 g/mol. The molecule has 1 unspecified atom stereocenters. The highest BCUT2D eigenvalue weighted by Crippen LogP contribution is 2.24. The van der Waals surface area contributed by atoms with E-state index in [1.807, 2.05) is 13.8 Å². The molecule has 0 spiro atoms. The number of halogens is 4. The maximum Gasteiger partial charge on any atom is 0.401 e. The highest BCUT2D eigenvalue weighted by molar-refractivity contribution is 14.0. The average Bonchev–Trinajstić information content (AvgIpc) is 2.98. The lowest BCUT2D eigenvalue weighted by Gasteiger charge is -2.20. The predicted octanol–water partition coefficient (Wildman–Crippen LogP) is 2.63. The molecule has 0 aromatic carbocycles. The van der Waals surface area contributed by atoms with E-state index in [1.165, 1.54) is 4.90 Å². The summed E-state index contributed by atoms with van der Waals surface area (Å²) in [6, 6.07) is -0.0647. The molecule has 1 fully saturated rings. The average molecular weight is 501 g/mol. The molecule has 0 aliphatic carbocycles. The first-order valence-corrected chi connectivity index (χ1v) is 8.49. The number of alkyl halides is 3. The highest BCUT2D eigenvalue weighted by atomic mass is 127. The van der Waals surface area contributed by atoms with E-state index in [0.717, 1.165) is 22.6 Å². The number of aromatic nitrogens is 1. The molecule has 27 heavy (non-hydrogen) atoms. The van der Waals surface area contributed by atoms with Gasteiger partial charge in [0.15, 0.2) is 5.96 Å². The quantitative estimate of drug-likeness (QED) is 0.369. The second kappa shape index (κ2) is 10.3. The Hall–Kier alpha value is -1.30. The lowest BCUT2D eigenvalue weighted by atomic mass is 10.1. The molecule has 1 atom stereocenters. The van der Waals surface area contributed by atoms with Gasteiger partial charge in [0.2, 0.25) is 0 Å². The molecule has 1 saturated heterocycles. The van der Waals surface area contributed by atoms with Gasteiger partial charge in [0.05, 0.1) is 25.9 Å². The SMILES string of the molecule is CN=C(NCc1ncc(C)c(OC)c1C)NC1CCN(CC(F)(F)F)C1.I. The molecule has 1 aliphatic heterocycles. The first-order chi connectivity index (χ1) is 12.2. The number of likely N-dealkylation sites (tertiary alicyclic amines) is 1. The predicted molar refractivity (Wildman–Crippen MR) is 110 cm³/mol. The Balaban J connectivity index is 0.00000364. The van der Waals surface area contributed by atoms with Crippen LogP contribution in [0.15, 0.2) is 11.2 Å². The van der Waals surface area contributed by atoms with Crippen LogP contribution in [0.3, 0.4) is 0 Å². The molecular weight excluding hydrogens is 474 g/mol. The Labute approximate surface area is 175 Å². The van der Waals surface area contributed by atoms with Crippen molar-refractivity contribution in [1.29, 1.82) is 0 Å². The normalized spacial score (nSPS) is 18.2. The van der Waals surface area contributed by atoms with E-state index in [1.54, 1.807) is 20.4 Å². The summed E-state index contributed by atoms with van der Waals surface area (Å²) in [6.07, 6.45) is -1.76. The standard InChI is InChI=1S/C17H26F3N5O.HI/c1-11-7-22-14(12(2)15(11)26-4)8-23-16(21-3)24-13-5-6-25(9-13)10-17(18,19)20;/h7,13H,5-6,8-10H2,1-4H3,(H2,21,23,24);1H. The van der Waals surface area contributed by atoms with E-state index >= 15 is 0 Å². The summed E-state index contributed by atoms with van der Waals surface area (Å²) in [5, 5.41) is 6.35. The molecule has 6 nitrogen and oxygen atoms in total. The number of ether oxygens (including phenoxy) is 1. The molecule has 0 amide bonds. The molecule has 1 aromatic rings. The topological polar surface area (TPSA) is 61.8 Å². The molecule has 2 N–H and O–H groups in total. The minimum atomic E-state index is -4.16. The number of nitrogens with zero attached hydrogens (tertiary/aromatic N) is 3. The number of rotatable bonds is 5. The van der Waals surface area contributed by atoms with Crippen LogP contribution in [0.2, 0.25) is 0 Å². The van der Waals surface area contributed by atoms with E-state index in [9.17, 15) is 13.2 Å². The number of hydrogen-bond acceptors (Lipinski definition) is 4. The number of aryl methyl sites for hydroxylation is 1. The van der Waals surface area contributed by atoms with Crippen molar-refractivity contribution >= 4 is 29.9 Å². The third-order valence-electron chi connectivity index (χ3n) is 4.41. The van der Waals surface area contributed by atoms with Crippen molar-refractivity contribution in [2.75, 3.05) is 33.8 Å². The van der Waals surface area contributed by atoms with Gasteiger partial charge in [0, 0.05) is 43.5 Å². The van der Waals surface area contributed by atoms with Crippen LogP contribution in [0.4, 0.5) is 13.2 Å². The summed E-state index contributed by atoms with van der Waals surface area (Å²) >= 11 is 0. The number of pyridine rings is 1. The van der Waals surface area contributed by atoms with Crippen molar-refractivity contribution in [3.8, 4) is 5.75 Å². The van der Waals surface area contributed by atoms with Crippen molar-refractivity contribution in [1.82, 2.24) is 20.5 Å². The summed E-state index contributed by atoms with van der Waals surface area (Å²) < 4.78 is 42.9. The van der Waals surface area contributed by atoms with Gasteiger partial charge in [-0.2, -0.15) is 13.2 Å². The number of guanidine groups is 1. The van der Waals surface area contributed by atoms with Crippen molar-refractivity contribution < 1.29 is 17.9 Å². The van der Waals surface area contributed by atoms with Gasteiger partial charge >= 0.3 is 6.18 Å². The van der Waals surface area contributed by atoms with Gasteiger partial charge in [-0.1, -0.05) is 0 Å². The Morgan fingerprint density at radius 2 is 2.11 bits per heavy atom. The van der Waals surface area contributed by atoms with Crippen LogP contribution >= 0.6 is 24.0 Å². The molecule has 10 heteroatoms. The molecule has 154 valence electrons. The van der Waals surface area contributed by atoms with Crippen LogP contribution in [0.5, 0.6) is 5.75 Å². The zero-order valence-electron chi connectivity index (χ0n) is 16.0. The smallest absolute Gasteiger partial charge is 0.401 e. The van der Waals surface area contributed by atoms with E-state index in [-0.39, 0.29) is 30.0 Å². The van der Waals surface area contributed by atoms with Crippen LogP contribution in [-0.4, -0.2) is 61.9 Å². The van der Waals surface area contributed by atoms with Gasteiger partial charge in [-0.05, 0) is 20.3 Å². The maximum atomic E-state index is 12.5. The molecule has 1 aliphatic rings. The Morgan fingerprint density at radius 1 is 1.41 bits per heavy atom. The molecule has 0 bridgehead atoms. The zero-order valence-corrected chi connectivity index (χ0v) is 18.3. The molecule has 0 saturated carbocycles. The summed E-state index contributed by atoms with van der Waals surface area (Å²) in [4.78, 5) is 9.97. The van der Waals surface area contributed by atoms with E-state index in [0.29, 0.717) is 32.0 Å². The fraction of sp³-hybridized carbons (Fsp3) is 0.647. The van der Waals surface area contributed by atoms with Crippen LogP contribution in [0.1, 0.15) is 23.2 Å². The van der Waals surface area contributed by atoms with Crippen molar-refractivity contribution in [3.05, 3.63) is 23.0 Å². The first kappa shape index (κ1) is 23.7. The van der Waals surface area contributed by atoms with Gasteiger partial charge in [0.1, 0.15) is 5.75 Å². The second-order valence-corrected chi connectivity index (χ2v) is 6.45. The van der Waals surface area contributed by atoms with Gasteiger partial charge in [-0.15, -0.1) is 24.0 Å². The largest absolute Gasteiger partial charge is 0.496 e. The third-order valence-corrected chi connectivity index (χ3v) is 4.41. The first-order valence-electron chi connectivity index (χ1n) is 8.49. The van der Waals surface area contributed by atoms with Crippen molar-refractivity contribution in [3.63, 3.8) is 0 Å². The second-order valence-electron chi connectivity index (χ2n) is 6.45. The lowest BCUT2D eigenvalue weighted by Crippen LogP contribution is -2.45. The Kier molecular flexibility index (Phi) is 9.06. The number of nitrogens with one attached hydrogen (secondary N) is 2. The van der Waals surface area contributed by atoms with Gasteiger partial charge in [0.25, 0.3) is 0 Å². The molecule has 1 aromatic heterocycles. The number of aliphatic imine (C=N–C) groups is 1. The minimum absolute atomic E-state index is 0. The van der Waals surface area contributed by atoms with Gasteiger partial charge in [-0.25, -0.2) is 0 Å². The number of methoxy groups -OCH3 is 1. The summed E-state index contributed by atoms with van der Waals surface area (Å²) in [5.74, 6) is 1.35. The fourth-order valence-electron chi connectivity index (χ4n) is 3.15. The van der Waals surface area contributed by atoms with Crippen molar-refractivity contribution in [2.24, 2.45) is 4.99 Å². The van der Waals surface area contributed by atoms with Crippen LogP contribution in [0, 0.1) is 13.8 Å². The van der Waals surface area contributed by atoms with E-state index < -0.39 is 12.7 Å². The molecule has 0 radical (unpaired) electrons. The highest BCUT2D eigenvalue weighted by Gasteiger charge is 2.34. The molecule has 2 rings (SSSR count). The lowest BCUT2D eigenvalue weighted by molar-refractivity contribution is -0.143. The van der Waals surface area contributed by atoms with Crippen LogP contribution in [-0.2, 0) is 6.54 Å². The fourth-order valence-corrected chi connectivity index (χ4v) is 3.15. The van der Waals surface area contributed by atoms with E-state index in [4.69, 9.17) is 4.74 Å². The van der Waals surface area contributed by atoms with Gasteiger partial charge in [-0.3, -0.25) is 14.9 Å². The third kappa shape index (κ3) is 6.98. The Bertz CT molecular complexity index is 654. The van der Waals surface area contributed by atoms with Gasteiger partial charge < -0.3 is 15.4 Å². The Morgan fingerprint density at radius 3 is 2.70 bits per heavy atom. The zero-order chi connectivity index (χ0) is 19.3.